The number of rotatable bonds is 3. The molecule has 0 aliphatic heterocycles. The topological polar surface area (TPSA) is 113 Å². The van der Waals surface area contributed by atoms with Gasteiger partial charge < -0.3 is 20.3 Å². The molecule has 0 bridgehead atoms. The average Bonchev–Trinajstić information content (AvgIpc) is 2.75. The zero-order valence-electron chi connectivity index (χ0n) is 20.4. The highest BCUT2D eigenvalue weighted by molar-refractivity contribution is 5.97. The van der Waals surface area contributed by atoms with Gasteiger partial charge in [-0.05, 0) is 45.8 Å². The van der Waals surface area contributed by atoms with Crippen molar-refractivity contribution < 1.29 is 29.3 Å². The van der Waals surface area contributed by atoms with Crippen LogP contribution in [-0.2, 0) is 19.1 Å². The number of esters is 1. The number of carbonyl (C=O) groups is 3. The predicted octanol–water partition coefficient (Wildman–Crippen LogP) is 3.09. The van der Waals surface area contributed by atoms with Crippen LogP contribution in [-0.4, -0.2) is 52.2 Å². The van der Waals surface area contributed by atoms with E-state index in [1.54, 1.807) is 44.2 Å². The van der Waals surface area contributed by atoms with E-state index in [4.69, 9.17) is 4.74 Å². The Bertz CT molecular complexity index is 862. The molecule has 7 nitrogen and oxygen atoms in total. The van der Waals surface area contributed by atoms with Crippen molar-refractivity contribution in [3.63, 3.8) is 0 Å². The van der Waals surface area contributed by atoms with Crippen molar-refractivity contribution >= 4 is 17.7 Å². The molecule has 1 amide bonds. The smallest absolute Gasteiger partial charge is 0.303 e. The molecule has 0 saturated heterocycles. The summed E-state index contributed by atoms with van der Waals surface area (Å²) in [4.78, 5) is 36.7. The van der Waals surface area contributed by atoms with Gasteiger partial charge in [0.2, 0.25) is 5.91 Å². The van der Waals surface area contributed by atoms with Crippen LogP contribution in [0.1, 0.15) is 54.4 Å². The summed E-state index contributed by atoms with van der Waals surface area (Å²) in [6.07, 6.45) is 10.5. The standard InChI is InChI=1S/C26H37NO6/c1-16-7-11-22(30)12-8-17(2)15-24(27-26(32)20(5)28)19(4)25(31)18(3)10-14-23(13-9-16)33-21(6)29/h7-10,12-13,15,19-20,22-24,28,30H,11,14H2,1-6H3,(H,27,32)/b12-8+,13-9-,16-7+,17-15-,18-10+. The van der Waals surface area contributed by atoms with Gasteiger partial charge in [-0.1, -0.05) is 54.5 Å². The Labute approximate surface area is 196 Å². The second-order valence-corrected chi connectivity index (χ2v) is 8.51. The Kier molecular flexibility index (Phi) is 11.7. The van der Waals surface area contributed by atoms with Gasteiger partial charge in [-0.3, -0.25) is 14.4 Å². The van der Waals surface area contributed by atoms with Crippen molar-refractivity contribution in [2.45, 2.75) is 78.7 Å². The van der Waals surface area contributed by atoms with Crippen LogP contribution in [0.3, 0.4) is 0 Å². The molecule has 1 aliphatic carbocycles. The minimum Gasteiger partial charge on any atom is -0.458 e. The lowest BCUT2D eigenvalue weighted by molar-refractivity contribution is -0.144. The maximum atomic E-state index is 13.1. The maximum Gasteiger partial charge on any atom is 0.303 e. The van der Waals surface area contributed by atoms with E-state index in [-0.39, 0.29) is 5.78 Å². The molecular formula is C26H37NO6. The van der Waals surface area contributed by atoms with Gasteiger partial charge >= 0.3 is 5.97 Å². The Morgan fingerprint density at radius 1 is 1.09 bits per heavy atom. The molecule has 0 radical (unpaired) electrons. The molecule has 0 aromatic heterocycles. The van der Waals surface area contributed by atoms with Crippen LogP contribution in [0.25, 0.3) is 0 Å². The van der Waals surface area contributed by atoms with Gasteiger partial charge in [0, 0.05) is 19.3 Å². The molecule has 0 heterocycles. The predicted molar refractivity (Wildman–Crippen MR) is 128 cm³/mol. The highest BCUT2D eigenvalue weighted by atomic mass is 16.5. The van der Waals surface area contributed by atoms with Crippen LogP contribution in [0.4, 0.5) is 0 Å². The lowest BCUT2D eigenvalue weighted by Crippen LogP contribution is -2.45. The summed E-state index contributed by atoms with van der Waals surface area (Å²) >= 11 is 0. The monoisotopic (exact) mass is 459 g/mol. The van der Waals surface area contributed by atoms with Crippen LogP contribution in [0.2, 0.25) is 0 Å². The quantitative estimate of drug-likeness (QED) is 0.559. The van der Waals surface area contributed by atoms with E-state index < -0.39 is 42.1 Å². The first kappa shape index (κ1) is 28.3. The third-order valence-electron chi connectivity index (χ3n) is 5.28. The molecule has 0 fully saturated rings. The number of Topliss-reactive ketones (excluding diaryl/α,β-unsaturated/α-hetero) is 1. The van der Waals surface area contributed by atoms with Crippen molar-refractivity contribution in [2.75, 3.05) is 0 Å². The maximum absolute atomic E-state index is 13.1. The van der Waals surface area contributed by atoms with E-state index in [9.17, 15) is 24.6 Å². The Morgan fingerprint density at radius 2 is 1.73 bits per heavy atom. The first-order valence-electron chi connectivity index (χ1n) is 11.2. The molecule has 182 valence electrons. The largest absolute Gasteiger partial charge is 0.458 e. The van der Waals surface area contributed by atoms with Gasteiger partial charge in [0.1, 0.15) is 12.2 Å². The number of ketones is 1. The molecule has 0 spiro atoms. The normalized spacial score (nSPS) is 33.1. The Balaban J connectivity index is 3.38. The number of aliphatic hydroxyl groups excluding tert-OH is 2. The molecule has 33 heavy (non-hydrogen) atoms. The number of nitrogens with one attached hydrogen (secondary N) is 1. The van der Waals surface area contributed by atoms with Gasteiger partial charge in [-0.2, -0.15) is 0 Å². The molecule has 7 heteroatoms. The fourth-order valence-corrected chi connectivity index (χ4v) is 3.20. The third kappa shape index (κ3) is 10.6. The van der Waals surface area contributed by atoms with Crippen LogP contribution < -0.4 is 5.32 Å². The summed E-state index contributed by atoms with van der Waals surface area (Å²) in [7, 11) is 0. The Hall–Kier alpha value is -2.77. The second kappa shape index (κ2) is 13.7. The average molecular weight is 460 g/mol. The summed E-state index contributed by atoms with van der Waals surface area (Å²) in [5.41, 5.74) is 2.14. The van der Waals surface area contributed by atoms with Gasteiger partial charge in [-0.25, -0.2) is 0 Å². The van der Waals surface area contributed by atoms with Gasteiger partial charge in [0.15, 0.2) is 5.78 Å². The highest BCUT2D eigenvalue weighted by Crippen LogP contribution is 2.17. The summed E-state index contributed by atoms with van der Waals surface area (Å²) in [6.45, 7) is 9.78. The minimum atomic E-state index is -1.22. The zero-order valence-corrected chi connectivity index (χ0v) is 20.4. The number of hydrogen-bond acceptors (Lipinski definition) is 6. The fourth-order valence-electron chi connectivity index (χ4n) is 3.20. The molecule has 0 saturated carbocycles. The Morgan fingerprint density at radius 3 is 2.33 bits per heavy atom. The number of carbonyl (C=O) groups excluding carboxylic acids is 3. The van der Waals surface area contributed by atoms with Gasteiger partial charge in [0.05, 0.1) is 12.1 Å². The first-order valence-corrected chi connectivity index (χ1v) is 11.2. The van der Waals surface area contributed by atoms with Crippen LogP contribution in [0, 0.1) is 5.92 Å². The summed E-state index contributed by atoms with van der Waals surface area (Å²) in [5.74, 6) is -1.80. The molecule has 5 unspecified atom stereocenters. The van der Waals surface area contributed by atoms with E-state index in [0.717, 1.165) is 11.1 Å². The van der Waals surface area contributed by atoms with E-state index >= 15 is 0 Å². The number of ether oxygens (including phenoxy) is 1. The van der Waals surface area contributed by atoms with E-state index in [0.29, 0.717) is 18.4 Å². The van der Waals surface area contributed by atoms with Crippen LogP contribution in [0.5, 0.6) is 0 Å². The van der Waals surface area contributed by atoms with Crippen molar-refractivity contribution in [1.82, 2.24) is 5.32 Å². The lowest BCUT2D eigenvalue weighted by atomic mass is 9.90. The second-order valence-electron chi connectivity index (χ2n) is 8.51. The van der Waals surface area contributed by atoms with E-state index in [1.165, 1.54) is 13.8 Å². The molecule has 3 N–H and O–H groups in total. The van der Waals surface area contributed by atoms with Crippen molar-refractivity contribution in [3.05, 3.63) is 59.3 Å². The number of allylic oxidation sites excluding steroid dienone is 5. The fraction of sp³-hybridized carbons (Fsp3) is 0.500. The molecule has 0 aromatic carbocycles. The van der Waals surface area contributed by atoms with Crippen LogP contribution in [0.15, 0.2) is 59.3 Å². The zero-order chi connectivity index (χ0) is 25.1. The van der Waals surface area contributed by atoms with E-state index in [1.807, 2.05) is 26.0 Å². The number of hydrogen-bond donors (Lipinski definition) is 3. The van der Waals surface area contributed by atoms with Gasteiger partial charge in [-0.15, -0.1) is 0 Å². The third-order valence-corrected chi connectivity index (χ3v) is 5.28. The summed E-state index contributed by atoms with van der Waals surface area (Å²) < 4.78 is 5.35. The number of amides is 1. The summed E-state index contributed by atoms with van der Waals surface area (Å²) in [6, 6.07) is -0.660. The highest BCUT2D eigenvalue weighted by Gasteiger charge is 2.26. The lowest BCUT2D eigenvalue weighted by Gasteiger charge is -2.23. The van der Waals surface area contributed by atoms with Crippen molar-refractivity contribution in [1.29, 1.82) is 0 Å². The molecule has 0 aromatic rings. The van der Waals surface area contributed by atoms with Crippen molar-refractivity contribution in [3.8, 4) is 0 Å². The molecule has 1 aliphatic rings. The molecule has 1 rings (SSSR count). The molecule has 5 atom stereocenters. The SMILES string of the molecule is CC(=O)OC1/C=C\C(C)=C\CC(O)/C=C/C(C)=C\C(NC(=O)C(C)O)C(C)C(=O)/C(C)=C/C1. The molecular weight excluding hydrogens is 422 g/mol. The minimum absolute atomic E-state index is 0.176. The first-order chi connectivity index (χ1) is 15.4. The van der Waals surface area contributed by atoms with Gasteiger partial charge in [0.25, 0.3) is 0 Å². The number of aliphatic hydroxyl groups is 2. The van der Waals surface area contributed by atoms with Crippen molar-refractivity contribution in [2.24, 2.45) is 5.92 Å². The summed E-state index contributed by atoms with van der Waals surface area (Å²) in [5, 5.41) is 22.6. The van der Waals surface area contributed by atoms with Crippen LogP contribution >= 0.6 is 0 Å². The van der Waals surface area contributed by atoms with E-state index in [2.05, 4.69) is 5.32 Å².